The van der Waals surface area contributed by atoms with Crippen molar-refractivity contribution < 1.29 is 13.2 Å². The first kappa shape index (κ1) is 24.5. The fourth-order valence-electron chi connectivity index (χ4n) is 2.73. The highest BCUT2D eigenvalue weighted by molar-refractivity contribution is 8.01. The average Bonchev–Trinajstić information content (AvgIpc) is 3.14. The van der Waals surface area contributed by atoms with E-state index in [9.17, 15) is 13.2 Å². The van der Waals surface area contributed by atoms with Crippen molar-refractivity contribution in [2.24, 2.45) is 0 Å². The molecule has 0 saturated heterocycles. The van der Waals surface area contributed by atoms with Crippen LogP contribution < -0.4 is 9.62 Å². The van der Waals surface area contributed by atoms with Gasteiger partial charge in [0.25, 0.3) is 10.0 Å². The third-order valence-electron chi connectivity index (χ3n) is 4.46. The number of carbonyl (C=O) groups is 1. The van der Waals surface area contributed by atoms with Crippen molar-refractivity contribution in [3.63, 3.8) is 0 Å². The van der Waals surface area contributed by atoms with Crippen molar-refractivity contribution in [1.29, 1.82) is 0 Å². The molecule has 1 heterocycles. The maximum atomic E-state index is 13.4. The molecule has 3 aromatic rings. The Bertz CT molecular complexity index is 1210. The molecule has 0 aliphatic heterocycles. The fourth-order valence-corrected chi connectivity index (χ4v) is 6.26. The van der Waals surface area contributed by atoms with E-state index in [2.05, 4.69) is 15.5 Å². The Morgan fingerprint density at radius 1 is 1.12 bits per heavy atom. The minimum atomic E-state index is -4.02. The first-order valence-electron chi connectivity index (χ1n) is 9.72. The topological polar surface area (TPSA) is 92.3 Å². The number of halogens is 1. The van der Waals surface area contributed by atoms with Crippen LogP contribution in [0, 0.1) is 13.8 Å². The number of aromatic nitrogens is 2. The Morgan fingerprint density at radius 2 is 1.81 bits per heavy atom. The number of hydrogen-bond acceptors (Lipinski definition) is 7. The minimum absolute atomic E-state index is 0.0412. The summed E-state index contributed by atoms with van der Waals surface area (Å²) in [7, 11) is -4.02. The van der Waals surface area contributed by atoms with Crippen LogP contribution in [0.4, 0.5) is 10.8 Å². The van der Waals surface area contributed by atoms with Gasteiger partial charge in [-0.05, 0) is 61.4 Å². The summed E-state index contributed by atoms with van der Waals surface area (Å²) in [6.07, 6.45) is 0. The van der Waals surface area contributed by atoms with E-state index in [0.717, 1.165) is 19.8 Å². The molecule has 11 heteroatoms. The van der Waals surface area contributed by atoms with E-state index in [4.69, 9.17) is 11.6 Å². The smallest absolute Gasteiger partial charge is 0.264 e. The molecule has 0 unspecified atom stereocenters. The van der Waals surface area contributed by atoms with Crippen molar-refractivity contribution in [2.75, 3.05) is 16.2 Å². The van der Waals surface area contributed by atoms with Gasteiger partial charge < -0.3 is 0 Å². The quantitative estimate of drug-likeness (QED) is 0.333. The first-order valence-corrected chi connectivity index (χ1v) is 13.2. The molecule has 32 heavy (non-hydrogen) atoms. The number of nitrogens with one attached hydrogen (secondary N) is 1. The molecule has 1 aromatic heterocycles. The van der Waals surface area contributed by atoms with Crippen LogP contribution in [0.5, 0.6) is 0 Å². The van der Waals surface area contributed by atoms with Crippen LogP contribution >= 0.6 is 34.7 Å². The summed E-state index contributed by atoms with van der Waals surface area (Å²) in [4.78, 5) is 12.8. The van der Waals surface area contributed by atoms with Gasteiger partial charge in [-0.25, -0.2) is 8.42 Å². The van der Waals surface area contributed by atoms with Gasteiger partial charge in [-0.2, -0.15) is 0 Å². The Morgan fingerprint density at radius 3 is 2.44 bits per heavy atom. The molecule has 7 nitrogen and oxygen atoms in total. The molecule has 0 radical (unpaired) electrons. The SMILES string of the molecule is Cc1ccc(N(CC(=O)Nc2nnc(SC(C)C)s2)S(=O)(=O)c2ccc(Cl)cc2)cc1C. The molecule has 0 aliphatic carbocycles. The molecule has 0 spiro atoms. The number of benzene rings is 2. The van der Waals surface area contributed by atoms with Crippen LogP contribution in [0.1, 0.15) is 25.0 Å². The maximum Gasteiger partial charge on any atom is 0.264 e. The third kappa shape index (κ3) is 6.00. The van der Waals surface area contributed by atoms with Gasteiger partial charge in [0.2, 0.25) is 11.0 Å². The zero-order valence-corrected chi connectivity index (χ0v) is 21.2. The standard InChI is InChI=1S/C21H23ClN4O3S3/c1-13(2)30-21-25-24-20(31-21)23-19(27)12-26(17-8-5-14(3)15(4)11-17)32(28,29)18-9-6-16(22)7-10-18/h5-11,13H,12H2,1-4H3,(H,23,24,27). The van der Waals surface area contributed by atoms with Crippen molar-refractivity contribution >= 4 is 61.4 Å². The third-order valence-corrected chi connectivity index (χ3v) is 8.42. The number of thioether (sulfide) groups is 1. The molecule has 170 valence electrons. The fraction of sp³-hybridized carbons (Fsp3) is 0.286. The zero-order chi connectivity index (χ0) is 23.5. The number of nitrogens with zero attached hydrogens (tertiary/aromatic N) is 3. The number of aryl methyl sites for hydroxylation is 2. The van der Waals surface area contributed by atoms with Crippen LogP contribution in [-0.2, 0) is 14.8 Å². The maximum absolute atomic E-state index is 13.4. The van der Waals surface area contributed by atoms with E-state index in [1.807, 2.05) is 33.8 Å². The average molecular weight is 511 g/mol. The number of amides is 1. The van der Waals surface area contributed by atoms with Gasteiger partial charge in [-0.15, -0.1) is 10.2 Å². The van der Waals surface area contributed by atoms with Gasteiger partial charge in [0, 0.05) is 10.3 Å². The van der Waals surface area contributed by atoms with Gasteiger partial charge in [-0.3, -0.25) is 14.4 Å². The highest BCUT2D eigenvalue weighted by atomic mass is 35.5. The first-order chi connectivity index (χ1) is 15.1. The Labute approximate surface area is 201 Å². The molecule has 3 rings (SSSR count). The number of anilines is 2. The lowest BCUT2D eigenvalue weighted by atomic mass is 10.1. The molecule has 1 N–H and O–H groups in total. The Kier molecular flexibility index (Phi) is 7.81. The lowest BCUT2D eigenvalue weighted by Gasteiger charge is -2.24. The van der Waals surface area contributed by atoms with Crippen LogP contribution in [0.3, 0.4) is 0 Å². The normalized spacial score (nSPS) is 11.6. The lowest BCUT2D eigenvalue weighted by molar-refractivity contribution is -0.114. The Hall–Kier alpha value is -2.14. The van der Waals surface area contributed by atoms with Crippen molar-refractivity contribution in [2.45, 2.75) is 42.2 Å². The molecule has 0 saturated carbocycles. The van der Waals surface area contributed by atoms with Crippen LogP contribution in [0.15, 0.2) is 51.7 Å². The van der Waals surface area contributed by atoms with Crippen molar-refractivity contribution in [1.82, 2.24) is 10.2 Å². The van der Waals surface area contributed by atoms with E-state index >= 15 is 0 Å². The van der Waals surface area contributed by atoms with E-state index in [1.54, 1.807) is 12.1 Å². The number of rotatable bonds is 8. The molecule has 0 atom stereocenters. The molecule has 1 amide bonds. The van der Waals surface area contributed by atoms with Gasteiger partial charge in [0.1, 0.15) is 6.54 Å². The van der Waals surface area contributed by atoms with Gasteiger partial charge >= 0.3 is 0 Å². The number of carbonyl (C=O) groups excluding carboxylic acids is 1. The van der Waals surface area contributed by atoms with E-state index in [1.165, 1.54) is 47.4 Å². The molecule has 0 aliphatic rings. The lowest BCUT2D eigenvalue weighted by Crippen LogP contribution is -2.38. The van der Waals surface area contributed by atoms with Gasteiger partial charge in [0.15, 0.2) is 4.34 Å². The summed E-state index contributed by atoms with van der Waals surface area (Å²) in [5.74, 6) is -0.516. The zero-order valence-electron chi connectivity index (χ0n) is 18.0. The second kappa shape index (κ2) is 10.2. The summed E-state index contributed by atoms with van der Waals surface area (Å²) in [5, 5.41) is 11.8. The van der Waals surface area contributed by atoms with E-state index < -0.39 is 22.5 Å². The predicted molar refractivity (Wildman–Crippen MR) is 131 cm³/mol. The van der Waals surface area contributed by atoms with E-state index in [-0.39, 0.29) is 4.90 Å². The number of sulfonamides is 1. The van der Waals surface area contributed by atoms with Gasteiger partial charge in [0.05, 0.1) is 10.6 Å². The summed E-state index contributed by atoms with van der Waals surface area (Å²) in [6.45, 7) is 7.48. The predicted octanol–water partition coefficient (Wildman–Crippen LogP) is 5.14. The summed E-state index contributed by atoms with van der Waals surface area (Å²) < 4.78 is 28.7. The second-order valence-corrected chi connectivity index (χ2v) is 12.4. The Balaban J connectivity index is 1.90. The van der Waals surface area contributed by atoms with Crippen molar-refractivity contribution in [3.05, 3.63) is 58.6 Å². The summed E-state index contributed by atoms with van der Waals surface area (Å²) in [6, 6.07) is 11.1. The number of hydrogen-bond donors (Lipinski definition) is 1. The second-order valence-electron chi connectivity index (χ2n) is 7.32. The highest BCUT2D eigenvalue weighted by Gasteiger charge is 2.28. The summed E-state index contributed by atoms with van der Waals surface area (Å²) in [5.41, 5.74) is 2.33. The monoisotopic (exact) mass is 510 g/mol. The van der Waals surface area contributed by atoms with Crippen LogP contribution in [0.25, 0.3) is 0 Å². The molecule has 0 fully saturated rings. The van der Waals surface area contributed by atoms with Crippen LogP contribution in [0.2, 0.25) is 5.02 Å². The largest absolute Gasteiger partial charge is 0.299 e. The summed E-state index contributed by atoms with van der Waals surface area (Å²) >= 11 is 8.71. The molecular weight excluding hydrogens is 488 g/mol. The van der Waals surface area contributed by atoms with Crippen molar-refractivity contribution in [3.8, 4) is 0 Å². The van der Waals surface area contributed by atoms with Crippen LogP contribution in [-0.4, -0.2) is 36.3 Å². The minimum Gasteiger partial charge on any atom is -0.299 e. The van der Waals surface area contributed by atoms with Gasteiger partial charge in [-0.1, -0.05) is 54.6 Å². The molecule has 0 bridgehead atoms. The van der Waals surface area contributed by atoms with E-state index in [0.29, 0.717) is 21.1 Å². The highest BCUT2D eigenvalue weighted by Crippen LogP contribution is 2.29. The molecule has 2 aromatic carbocycles. The molecular formula is C21H23ClN4O3S3.